The largest absolute Gasteiger partial charge is 0.418 e. The highest BCUT2D eigenvalue weighted by Gasteiger charge is 2.37. The number of urea groups is 1. The second-order valence-electron chi connectivity index (χ2n) is 6.28. The van der Waals surface area contributed by atoms with E-state index in [0.717, 1.165) is 6.07 Å². The van der Waals surface area contributed by atoms with Gasteiger partial charge in [-0.1, -0.05) is 6.07 Å². The maximum Gasteiger partial charge on any atom is 0.418 e. The van der Waals surface area contributed by atoms with E-state index in [4.69, 9.17) is 0 Å². The van der Waals surface area contributed by atoms with Crippen molar-refractivity contribution in [2.45, 2.75) is 38.1 Å². The minimum atomic E-state index is -4.54. The minimum absolute atomic E-state index is 0.0519. The number of hydrazone groups is 1. The van der Waals surface area contributed by atoms with Crippen molar-refractivity contribution < 1.29 is 23.1 Å². The first-order chi connectivity index (χ1) is 11.8. The highest BCUT2D eigenvalue weighted by molar-refractivity contribution is 6.07. The fourth-order valence-electron chi connectivity index (χ4n) is 3.19. The Balaban J connectivity index is 2.00. The van der Waals surface area contributed by atoms with E-state index in [-0.39, 0.29) is 17.8 Å². The van der Waals surface area contributed by atoms with Crippen molar-refractivity contribution in [2.75, 3.05) is 18.0 Å². The van der Waals surface area contributed by atoms with Gasteiger partial charge in [0, 0.05) is 24.3 Å². The second kappa shape index (κ2) is 6.55. The van der Waals surface area contributed by atoms with Crippen molar-refractivity contribution in [2.24, 2.45) is 5.10 Å². The van der Waals surface area contributed by atoms with Gasteiger partial charge in [-0.05, 0) is 31.9 Å². The molecule has 2 heterocycles. The highest BCUT2D eigenvalue weighted by atomic mass is 19.4. The summed E-state index contributed by atoms with van der Waals surface area (Å²) in [5.74, 6) is 0. The molecule has 0 spiro atoms. The molecule has 2 aliphatic heterocycles. The van der Waals surface area contributed by atoms with Crippen molar-refractivity contribution in [1.82, 2.24) is 10.7 Å². The predicted octanol–water partition coefficient (Wildman–Crippen LogP) is 2.07. The summed E-state index contributed by atoms with van der Waals surface area (Å²) in [4.78, 5) is 12.8. The Kier molecular flexibility index (Phi) is 4.59. The van der Waals surface area contributed by atoms with Crippen LogP contribution in [0.4, 0.5) is 23.7 Å². The van der Waals surface area contributed by atoms with Crippen molar-refractivity contribution in [3.05, 3.63) is 29.3 Å². The lowest BCUT2D eigenvalue weighted by molar-refractivity contribution is -0.137. The van der Waals surface area contributed by atoms with Crippen molar-refractivity contribution in [1.29, 1.82) is 0 Å². The van der Waals surface area contributed by atoms with E-state index < -0.39 is 29.9 Å². The molecule has 1 fully saturated rings. The molecule has 1 aromatic rings. The number of aliphatic hydroxyl groups excluding tert-OH is 1. The molecular weight excluding hydrogens is 337 g/mol. The van der Waals surface area contributed by atoms with Gasteiger partial charge < -0.3 is 15.3 Å². The molecule has 1 aromatic carbocycles. The Labute approximate surface area is 142 Å². The number of anilines is 1. The Morgan fingerprint density at radius 1 is 1.36 bits per heavy atom. The average Bonchev–Trinajstić information content (AvgIpc) is 2.53. The summed E-state index contributed by atoms with van der Waals surface area (Å²) in [5, 5.41) is 16.2. The van der Waals surface area contributed by atoms with Gasteiger partial charge in [0.2, 0.25) is 0 Å². The van der Waals surface area contributed by atoms with Crippen LogP contribution in [-0.4, -0.2) is 42.1 Å². The fourth-order valence-corrected chi connectivity index (χ4v) is 3.19. The first-order valence-corrected chi connectivity index (χ1v) is 8.04. The van der Waals surface area contributed by atoms with Gasteiger partial charge in [-0.2, -0.15) is 18.3 Å². The number of rotatable bonds is 2. The number of hydrogen-bond acceptors (Lipinski definition) is 4. The summed E-state index contributed by atoms with van der Waals surface area (Å²) in [6, 6.07) is 3.01. The molecule has 3 rings (SSSR count). The Morgan fingerprint density at radius 2 is 2.12 bits per heavy atom. The highest BCUT2D eigenvalue weighted by Crippen LogP contribution is 2.38. The number of nitrogens with zero attached hydrogens (tertiary/aromatic N) is 2. The van der Waals surface area contributed by atoms with E-state index in [1.54, 1.807) is 17.9 Å². The summed E-state index contributed by atoms with van der Waals surface area (Å²) in [5.41, 5.74) is 2.11. The number of hydrogen-bond donors (Lipinski definition) is 3. The molecule has 0 saturated carbocycles. The number of nitrogens with one attached hydrogen (secondary N) is 2. The second-order valence-corrected chi connectivity index (χ2v) is 6.28. The molecule has 2 amide bonds. The van der Waals surface area contributed by atoms with Crippen LogP contribution in [0.3, 0.4) is 0 Å². The maximum atomic E-state index is 13.6. The van der Waals surface area contributed by atoms with Crippen LogP contribution in [0.5, 0.6) is 0 Å². The lowest BCUT2D eigenvalue weighted by Crippen LogP contribution is -2.48. The summed E-state index contributed by atoms with van der Waals surface area (Å²) in [6.07, 6.45) is -3.94. The molecule has 136 valence electrons. The van der Waals surface area contributed by atoms with Crippen LogP contribution in [0.15, 0.2) is 23.3 Å². The summed E-state index contributed by atoms with van der Waals surface area (Å²) < 4.78 is 40.8. The predicted molar refractivity (Wildman–Crippen MR) is 86.6 cm³/mol. The van der Waals surface area contributed by atoms with Crippen LogP contribution in [0.1, 0.15) is 30.9 Å². The van der Waals surface area contributed by atoms with Gasteiger partial charge in [-0.15, -0.1) is 0 Å². The Hall–Kier alpha value is -2.29. The minimum Gasteiger partial charge on any atom is -0.391 e. The van der Waals surface area contributed by atoms with Crippen LogP contribution in [0.2, 0.25) is 0 Å². The van der Waals surface area contributed by atoms with Crippen LogP contribution in [0, 0.1) is 0 Å². The molecule has 9 heteroatoms. The fraction of sp³-hybridized carbons (Fsp3) is 0.500. The molecular formula is C16H19F3N4O2. The standard InChI is InChI=1S/C16H19F3N4O2/c1-9-14(21-22-15(25)20-9)10-4-5-13(12(7-10)16(17,18)19)23-6-2-3-11(24)8-23/h4-5,7,9,11,24H,2-3,6,8H2,1H3,(H2,20,22,25)/t9-,11+/m0/s1. The molecule has 0 aliphatic carbocycles. The Bertz CT molecular complexity index is 705. The number of amides is 2. The summed E-state index contributed by atoms with van der Waals surface area (Å²) >= 11 is 0. The van der Waals surface area contributed by atoms with Crippen LogP contribution in [0.25, 0.3) is 0 Å². The third kappa shape index (κ3) is 3.71. The van der Waals surface area contributed by atoms with Gasteiger partial charge >= 0.3 is 12.2 Å². The lowest BCUT2D eigenvalue weighted by atomic mass is 9.98. The first kappa shape index (κ1) is 17.5. The first-order valence-electron chi connectivity index (χ1n) is 8.04. The van der Waals surface area contributed by atoms with Gasteiger partial charge in [0.05, 0.1) is 23.4 Å². The number of halogens is 3. The van der Waals surface area contributed by atoms with Crippen molar-refractivity contribution >= 4 is 17.4 Å². The number of carbonyl (C=O) groups excluding carboxylic acids is 1. The zero-order valence-electron chi connectivity index (χ0n) is 13.6. The molecule has 25 heavy (non-hydrogen) atoms. The van der Waals surface area contributed by atoms with Crippen LogP contribution in [-0.2, 0) is 6.18 Å². The molecule has 0 aromatic heterocycles. The molecule has 0 radical (unpaired) electrons. The van der Waals surface area contributed by atoms with E-state index in [1.165, 1.54) is 6.07 Å². The quantitative estimate of drug-likeness (QED) is 0.759. The lowest BCUT2D eigenvalue weighted by Gasteiger charge is -2.34. The number of benzene rings is 1. The average molecular weight is 356 g/mol. The number of carbonyl (C=O) groups is 1. The Morgan fingerprint density at radius 3 is 2.76 bits per heavy atom. The van der Waals surface area contributed by atoms with E-state index in [2.05, 4.69) is 15.8 Å². The smallest absolute Gasteiger partial charge is 0.391 e. The number of β-amino-alcohol motifs (C(OH)–C–C–N with tert-alkyl or cyclic N) is 1. The molecule has 3 N–H and O–H groups in total. The zero-order chi connectivity index (χ0) is 18.2. The number of piperidine rings is 1. The SMILES string of the molecule is C[C@@H]1NC(=O)NN=C1c1ccc(N2CCC[C@@H](O)C2)c(C(F)(F)F)c1. The molecule has 2 atom stereocenters. The van der Waals surface area contributed by atoms with Crippen LogP contribution >= 0.6 is 0 Å². The van der Waals surface area contributed by atoms with Gasteiger partial charge in [-0.3, -0.25) is 0 Å². The van der Waals surface area contributed by atoms with Crippen LogP contribution < -0.4 is 15.6 Å². The van der Waals surface area contributed by atoms with Gasteiger partial charge in [0.25, 0.3) is 0 Å². The van der Waals surface area contributed by atoms with Gasteiger partial charge in [0.15, 0.2) is 0 Å². The zero-order valence-corrected chi connectivity index (χ0v) is 13.6. The van der Waals surface area contributed by atoms with Gasteiger partial charge in [0.1, 0.15) is 0 Å². The molecule has 1 saturated heterocycles. The van der Waals surface area contributed by atoms with E-state index >= 15 is 0 Å². The molecule has 2 aliphatic rings. The monoisotopic (exact) mass is 356 g/mol. The molecule has 6 nitrogen and oxygen atoms in total. The van der Waals surface area contributed by atoms with E-state index in [1.807, 2.05) is 0 Å². The van der Waals surface area contributed by atoms with E-state index in [0.29, 0.717) is 25.1 Å². The maximum absolute atomic E-state index is 13.6. The number of aliphatic hydroxyl groups is 1. The third-order valence-corrected chi connectivity index (χ3v) is 4.37. The normalized spacial score (nSPS) is 24.4. The molecule has 0 unspecified atom stereocenters. The van der Waals surface area contributed by atoms with E-state index in [9.17, 15) is 23.1 Å². The van der Waals surface area contributed by atoms with Gasteiger partial charge in [-0.25, -0.2) is 10.2 Å². The van der Waals surface area contributed by atoms with Crippen molar-refractivity contribution in [3.63, 3.8) is 0 Å². The third-order valence-electron chi connectivity index (χ3n) is 4.37. The number of alkyl halides is 3. The summed E-state index contributed by atoms with van der Waals surface area (Å²) in [6.45, 7) is 2.30. The van der Waals surface area contributed by atoms with Crippen molar-refractivity contribution in [3.8, 4) is 0 Å². The summed E-state index contributed by atoms with van der Waals surface area (Å²) in [7, 11) is 0. The molecule has 0 bridgehead atoms. The topological polar surface area (TPSA) is 77.0 Å².